The predicted molar refractivity (Wildman–Crippen MR) is 73.4 cm³/mol. The first-order chi connectivity index (χ1) is 8.69. The molecule has 0 aromatic heterocycles. The number of halogens is 2. The van der Waals surface area contributed by atoms with Crippen molar-refractivity contribution in [2.75, 3.05) is 0 Å². The molecule has 1 N–H and O–H groups in total. The lowest BCUT2D eigenvalue weighted by molar-refractivity contribution is 0.305. The van der Waals surface area contributed by atoms with Crippen LogP contribution in [0.2, 0.25) is 5.02 Å². The molecule has 2 aromatic rings. The van der Waals surface area contributed by atoms with Gasteiger partial charge in [0.05, 0.1) is 5.02 Å². The smallest absolute Gasteiger partial charge is 0.138 e. The normalized spacial score (nSPS) is 10.3. The fourth-order valence-corrected chi connectivity index (χ4v) is 1.98. The highest BCUT2D eigenvalue weighted by molar-refractivity contribution is 6.32. The minimum absolute atomic E-state index is 0.222. The largest absolute Gasteiger partial charge is 0.508 e. The highest BCUT2D eigenvalue weighted by Gasteiger charge is 2.03. The average molecular weight is 283 g/mol. The molecule has 0 unspecified atom stereocenters. The number of phenols is 1. The van der Waals surface area contributed by atoms with Gasteiger partial charge in [-0.2, -0.15) is 0 Å². The number of phenolic OH excluding ortho intramolecular Hbond substituents is 1. The van der Waals surface area contributed by atoms with Gasteiger partial charge in [-0.05, 0) is 35.4 Å². The first-order valence-corrected chi connectivity index (χ1v) is 6.35. The molecular formula is C14H12Cl2O2. The van der Waals surface area contributed by atoms with Crippen LogP contribution in [-0.4, -0.2) is 5.11 Å². The Kier molecular flexibility index (Phi) is 4.34. The molecule has 18 heavy (non-hydrogen) atoms. The number of hydrogen-bond donors (Lipinski definition) is 1. The number of rotatable bonds is 4. The third-order valence-electron chi connectivity index (χ3n) is 2.46. The fraction of sp³-hybridized carbons (Fsp3) is 0.143. The van der Waals surface area contributed by atoms with Gasteiger partial charge < -0.3 is 9.84 Å². The maximum atomic E-state index is 9.34. The molecule has 0 fully saturated rings. The van der Waals surface area contributed by atoms with Gasteiger partial charge >= 0.3 is 0 Å². The standard InChI is InChI=1S/C14H12Cl2O2/c15-8-10-4-5-14(13(16)7-10)18-9-11-2-1-3-12(17)6-11/h1-7,17H,8-9H2. The summed E-state index contributed by atoms with van der Waals surface area (Å²) < 4.78 is 5.59. The maximum absolute atomic E-state index is 9.34. The van der Waals surface area contributed by atoms with Crippen molar-refractivity contribution >= 4 is 23.2 Å². The summed E-state index contributed by atoms with van der Waals surface area (Å²) in [7, 11) is 0. The molecule has 0 radical (unpaired) electrons. The van der Waals surface area contributed by atoms with Gasteiger partial charge in [-0.15, -0.1) is 11.6 Å². The summed E-state index contributed by atoms with van der Waals surface area (Å²) in [5.74, 6) is 1.25. The monoisotopic (exact) mass is 282 g/mol. The molecule has 0 aliphatic carbocycles. The Balaban J connectivity index is 2.06. The maximum Gasteiger partial charge on any atom is 0.138 e. The number of aromatic hydroxyl groups is 1. The highest BCUT2D eigenvalue weighted by Crippen LogP contribution is 2.27. The lowest BCUT2D eigenvalue weighted by Gasteiger charge is -2.09. The Labute approximate surface area is 116 Å². The highest BCUT2D eigenvalue weighted by atomic mass is 35.5. The lowest BCUT2D eigenvalue weighted by atomic mass is 10.2. The summed E-state index contributed by atoms with van der Waals surface area (Å²) in [5, 5.41) is 9.87. The number of benzene rings is 2. The van der Waals surface area contributed by atoms with Crippen molar-refractivity contribution in [3.05, 3.63) is 58.6 Å². The van der Waals surface area contributed by atoms with Crippen molar-refractivity contribution < 1.29 is 9.84 Å². The van der Waals surface area contributed by atoms with Gasteiger partial charge in [-0.25, -0.2) is 0 Å². The van der Waals surface area contributed by atoms with Gasteiger partial charge in [0.25, 0.3) is 0 Å². The molecule has 0 atom stereocenters. The van der Waals surface area contributed by atoms with Gasteiger partial charge in [-0.1, -0.05) is 29.8 Å². The van der Waals surface area contributed by atoms with E-state index in [0.29, 0.717) is 23.3 Å². The zero-order chi connectivity index (χ0) is 13.0. The van der Waals surface area contributed by atoms with Crippen LogP contribution >= 0.6 is 23.2 Å². The van der Waals surface area contributed by atoms with Crippen molar-refractivity contribution in [3.63, 3.8) is 0 Å². The summed E-state index contributed by atoms with van der Waals surface area (Å²) >= 11 is 11.8. The lowest BCUT2D eigenvalue weighted by Crippen LogP contribution is -1.96. The van der Waals surface area contributed by atoms with E-state index >= 15 is 0 Å². The van der Waals surface area contributed by atoms with Gasteiger partial charge in [0.15, 0.2) is 0 Å². The summed E-state index contributed by atoms with van der Waals surface area (Å²) in [6, 6.07) is 12.4. The minimum Gasteiger partial charge on any atom is -0.508 e. The molecule has 0 spiro atoms. The SMILES string of the molecule is Oc1cccc(COc2ccc(CCl)cc2Cl)c1. The Morgan fingerprint density at radius 2 is 1.89 bits per heavy atom. The first kappa shape index (κ1) is 13.1. The Hall–Kier alpha value is -1.38. The zero-order valence-corrected chi connectivity index (χ0v) is 11.1. The van der Waals surface area contributed by atoms with Crippen LogP contribution < -0.4 is 4.74 Å². The fourth-order valence-electron chi connectivity index (χ4n) is 1.55. The van der Waals surface area contributed by atoms with Crippen molar-refractivity contribution in [2.24, 2.45) is 0 Å². The van der Waals surface area contributed by atoms with Crippen LogP contribution in [0.3, 0.4) is 0 Å². The molecule has 2 aromatic carbocycles. The second-order valence-corrected chi connectivity index (χ2v) is 4.53. The number of alkyl halides is 1. The van der Waals surface area contributed by atoms with Crippen molar-refractivity contribution in [1.82, 2.24) is 0 Å². The van der Waals surface area contributed by atoms with Crippen LogP contribution in [-0.2, 0) is 12.5 Å². The van der Waals surface area contributed by atoms with Crippen LogP contribution in [0.5, 0.6) is 11.5 Å². The molecule has 0 aliphatic rings. The number of ether oxygens (including phenoxy) is 1. The minimum atomic E-state index is 0.222. The molecular weight excluding hydrogens is 271 g/mol. The molecule has 0 saturated carbocycles. The van der Waals surface area contributed by atoms with Crippen molar-refractivity contribution in [1.29, 1.82) is 0 Å². The second-order valence-electron chi connectivity index (χ2n) is 3.86. The number of hydrogen-bond acceptors (Lipinski definition) is 2. The molecule has 0 saturated heterocycles. The molecule has 4 heteroatoms. The van der Waals surface area contributed by atoms with E-state index in [9.17, 15) is 5.11 Å². The van der Waals surface area contributed by atoms with E-state index in [-0.39, 0.29) is 5.75 Å². The van der Waals surface area contributed by atoms with E-state index in [1.807, 2.05) is 12.1 Å². The summed E-state index contributed by atoms with van der Waals surface area (Å²) in [5.41, 5.74) is 1.83. The van der Waals surface area contributed by atoms with Gasteiger partial charge in [-0.3, -0.25) is 0 Å². The Bertz CT molecular complexity index is 541. The van der Waals surface area contributed by atoms with Crippen LogP contribution in [0.1, 0.15) is 11.1 Å². The van der Waals surface area contributed by atoms with Crippen molar-refractivity contribution in [2.45, 2.75) is 12.5 Å². The molecule has 0 amide bonds. The topological polar surface area (TPSA) is 29.5 Å². The van der Waals surface area contributed by atoms with E-state index in [1.165, 1.54) is 0 Å². The van der Waals surface area contributed by atoms with Gasteiger partial charge in [0.1, 0.15) is 18.1 Å². The average Bonchev–Trinajstić information content (AvgIpc) is 2.37. The molecule has 2 rings (SSSR count). The van der Waals surface area contributed by atoms with E-state index in [2.05, 4.69) is 0 Å². The van der Waals surface area contributed by atoms with Crippen LogP contribution in [0, 0.1) is 0 Å². The Morgan fingerprint density at radius 1 is 1.06 bits per heavy atom. The summed E-state index contributed by atoms with van der Waals surface area (Å²) in [6.07, 6.45) is 0. The quantitative estimate of drug-likeness (QED) is 0.844. The van der Waals surface area contributed by atoms with Crippen LogP contribution in [0.4, 0.5) is 0 Å². The van der Waals surface area contributed by atoms with Crippen molar-refractivity contribution in [3.8, 4) is 11.5 Å². The van der Waals surface area contributed by atoms with E-state index in [0.717, 1.165) is 11.1 Å². The molecule has 2 nitrogen and oxygen atoms in total. The second kappa shape index (κ2) is 5.98. The molecule has 94 valence electrons. The van der Waals surface area contributed by atoms with E-state index in [4.69, 9.17) is 27.9 Å². The first-order valence-electron chi connectivity index (χ1n) is 5.44. The summed E-state index contributed by atoms with van der Waals surface area (Å²) in [4.78, 5) is 0. The summed E-state index contributed by atoms with van der Waals surface area (Å²) in [6.45, 7) is 0.355. The van der Waals surface area contributed by atoms with Gasteiger partial charge in [0.2, 0.25) is 0 Å². The van der Waals surface area contributed by atoms with Crippen LogP contribution in [0.15, 0.2) is 42.5 Å². The zero-order valence-electron chi connectivity index (χ0n) is 9.57. The van der Waals surface area contributed by atoms with Gasteiger partial charge in [0, 0.05) is 5.88 Å². The molecule has 0 aliphatic heterocycles. The van der Waals surface area contributed by atoms with Crippen LogP contribution in [0.25, 0.3) is 0 Å². The third kappa shape index (κ3) is 3.31. The third-order valence-corrected chi connectivity index (χ3v) is 3.06. The predicted octanol–water partition coefficient (Wildman–Crippen LogP) is 4.36. The Morgan fingerprint density at radius 3 is 2.56 bits per heavy atom. The molecule has 0 bridgehead atoms. The molecule has 0 heterocycles. The van der Waals surface area contributed by atoms with E-state index in [1.54, 1.807) is 30.3 Å². The van der Waals surface area contributed by atoms with E-state index < -0.39 is 0 Å².